The number of hydrogen-bond acceptors (Lipinski definition) is 5. The van der Waals surface area contributed by atoms with Crippen LogP contribution in [0.15, 0.2) is 51.3 Å². The third kappa shape index (κ3) is 2.45. The second kappa shape index (κ2) is 4.99. The van der Waals surface area contributed by atoms with Gasteiger partial charge in [0.05, 0.1) is 0 Å². The molecule has 2 aromatic heterocycles. The summed E-state index contributed by atoms with van der Waals surface area (Å²) >= 11 is 2.89. The maximum atomic E-state index is 11.1. The van der Waals surface area contributed by atoms with Crippen molar-refractivity contribution in [2.75, 3.05) is 0 Å². The average Bonchev–Trinajstić information content (AvgIpc) is 2.91. The lowest BCUT2D eigenvalue weighted by molar-refractivity contribution is 0.0690. The smallest absolute Gasteiger partial charge is 0.354 e. The second-order valence-corrected chi connectivity index (χ2v) is 5.87. The fraction of sp³-hybridized carbons (Fsp3) is 0. The Hall–Kier alpha value is -1.92. The number of nitrogens with zero attached hydrogens (tertiary/aromatic N) is 2. The zero-order chi connectivity index (χ0) is 13.2. The Morgan fingerprint density at radius 1 is 1.32 bits per heavy atom. The van der Waals surface area contributed by atoms with Gasteiger partial charge >= 0.3 is 5.97 Å². The first kappa shape index (κ1) is 12.1. The predicted molar refractivity (Wildman–Crippen MR) is 74.9 cm³/mol. The van der Waals surface area contributed by atoms with Crippen LogP contribution in [-0.2, 0) is 0 Å². The van der Waals surface area contributed by atoms with Gasteiger partial charge in [0.1, 0.15) is 10.7 Å². The fourth-order valence-electron chi connectivity index (χ4n) is 1.70. The van der Waals surface area contributed by atoms with Crippen LogP contribution in [0.4, 0.5) is 0 Å². The number of hydrogen-bond donors (Lipinski definition) is 1. The van der Waals surface area contributed by atoms with Gasteiger partial charge in [-0.25, -0.2) is 14.8 Å². The van der Waals surface area contributed by atoms with Gasteiger partial charge in [-0.3, -0.25) is 0 Å². The molecule has 0 spiro atoms. The molecule has 19 heavy (non-hydrogen) atoms. The molecular weight excluding hydrogens is 280 g/mol. The third-order valence-corrected chi connectivity index (χ3v) is 4.41. The van der Waals surface area contributed by atoms with Crippen molar-refractivity contribution in [2.24, 2.45) is 0 Å². The molecule has 94 valence electrons. The van der Waals surface area contributed by atoms with Crippen molar-refractivity contribution < 1.29 is 9.90 Å². The predicted octanol–water partition coefficient (Wildman–Crippen LogP) is 3.54. The molecular formula is C13H8N2O2S2. The van der Waals surface area contributed by atoms with Gasteiger partial charge in [0.25, 0.3) is 0 Å². The number of aromatic nitrogens is 2. The largest absolute Gasteiger partial charge is 0.477 e. The first-order valence-electron chi connectivity index (χ1n) is 5.44. The van der Waals surface area contributed by atoms with E-state index in [2.05, 4.69) is 9.97 Å². The zero-order valence-corrected chi connectivity index (χ0v) is 11.2. The Balaban J connectivity index is 2.17. The monoisotopic (exact) mass is 288 g/mol. The van der Waals surface area contributed by atoms with Gasteiger partial charge in [-0.2, -0.15) is 0 Å². The molecule has 0 aliphatic carbocycles. The molecule has 4 nitrogen and oxygen atoms in total. The number of carboxylic acid groups (broad SMARTS) is 1. The van der Waals surface area contributed by atoms with E-state index in [9.17, 15) is 4.79 Å². The quantitative estimate of drug-likeness (QED) is 0.798. The van der Waals surface area contributed by atoms with Gasteiger partial charge in [-0.1, -0.05) is 24.3 Å². The number of thiazole rings is 1. The summed E-state index contributed by atoms with van der Waals surface area (Å²) in [4.78, 5) is 19.5. The maximum Gasteiger partial charge on any atom is 0.354 e. The SMILES string of the molecule is O=C(O)c1cc2ccccc2c(Sc2nccs2)n1. The lowest BCUT2D eigenvalue weighted by Gasteiger charge is -2.05. The van der Waals surface area contributed by atoms with Crippen LogP contribution in [0.1, 0.15) is 10.5 Å². The highest BCUT2D eigenvalue weighted by Crippen LogP contribution is 2.33. The van der Waals surface area contributed by atoms with Crippen LogP contribution in [-0.4, -0.2) is 21.0 Å². The summed E-state index contributed by atoms with van der Waals surface area (Å²) in [6.07, 6.45) is 1.72. The Labute approximate surface area is 117 Å². The Bertz CT molecular complexity index is 741. The highest BCUT2D eigenvalue weighted by Gasteiger charge is 2.12. The normalized spacial score (nSPS) is 10.7. The Morgan fingerprint density at radius 3 is 2.89 bits per heavy atom. The van der Waals surface area contributed by atoms with Crippen molar-refractivity contribution in [1.29, 1.82) is 0 Å². The maximum absolute atomic E-state index is 11.1. The van der Waals surface area contributed by atoms with Crippen LogP contribution < -0.4 is 0 Å². The minimum absolute atomic E-state index is 0.0535. The van der Waals surface area contributed by atoms with Crippen LogP contribution in [0.25, 0.3) is 10.8 Å². The highest BCUT2D eigenvalue weighted by atomic mass is 32.2. The lowest BCUT2D eigenvalue weighted by Crippen LogP contribution is -2.01. The minimum atomic E-state index is -1.02. The number of pyridine rings is 1. The zero-order valence-electron chi connectivity index (χ0n) is 9.61. The van der Waals surface area contributed by atoms with E-state index in [1.165, 1.54) is 23.1 Å². The second-order valence-electron chi connectivity index (χ2n) is 3.74. The molecule has 0 aliphatic rings. The van der Waals surface area contributed by atoms with Crippen molar-refractivity contribution in [3.63, 3.8) is 0 Å². The van der Waals surface area contributed by atoms with E-state index in [1.54, 1.807) is 12.3 Å². The van der Waals surface area contributed by atoms with E-state index >= 15 is 0 Å². The summed E-state index contributed by atoms with van der Waals surface area (Å²) < 4.78 is 0.847. The molecule has 1 N–H and O–H groups in total. The molecule has 0 fully saturated rings. The number of carbonyl (C=O) groups is 1. The van der Waals surface area contributed by atoms with E-state index in [0.717, 1.165) is 15.1 Å². The lowest BCUT2D eigenvalue weighted by atomic mass is 10.1. The van der Waals surface area contributed by atoms with Gasteiger partial charge in [0, 0.05) is 17.0 Å². The summed E-state index contributed by atoms with van der Waals surface area (Å²) in [5, 5.41) is 13.5. The molecule has 2 heterocycles. The standard InChI is InChI=1S/C13H8N2O2S2/c16-12(17)10-7-8-3-1-2-4-9(8)11(15-10)19-13-14-5-6-18-13/h1-7H,(H,16,17). The molecule has 0 bridgehead atoms. The molecule has 3 aromatic rings. The third-order valence-electron chi connectivity index (χ3n) is 2.52. The molecule has 1 aromatic carbocycles. The van der Waals surface area contributed by atoms with Crippen molar-refractivity contribution >= 4 is 39.8 Å². The van der Waals surface area contributed by atoms with E-state index in [0.29, 0.717) is 5.03 Å². The van der Waals surface area contributed by atoms with Crippen LogP contribution in [0.5, 0.6) is 0 Å². The minimum Gasteiger partial charge on any atom is -0.477 e. The topological polar surface area (TPSA) is 63.1 Å². The van der Waals surface area contributed by atoms with Crippen LogP contribution in [0.3, 0.4) is 0 Å². The molecule has 3 rings (SSSR count). The van der Waals surface area contributed by atoms with Gasteiger partial charge in [-0.15, -0.1) is 11.3 Å². The fourth-order valence-corrected chi connectivity index (χ4v) is 3.37. The molecule has 0 atom stereocenters. The number of aromatic carboxylic acids is 1. The van der Waals surface area contributed by atoms with Gasteiger partial charge in [-0.05, 0) is 23.2 Å². The van der Waals surface area contributed by atoms with Crippen molar-refractivity contribution in [2.45, 2.75) is 9.37 Å². The number of benzene rings is 1. The summed E-state index contributed by atoms with van der Waals surface area (Å²) in [6.45, 7) is 0. The first-order chi connectivity index (χ1) is 9.24. The van der Waals surface area contributed by atoms with E-state index in [-0.39, 0.29) is 5.69 Å². The molecule has 0 amide bonds. The summed E-state index contributed by atoms with van der Waals surface area (Å²) in [5.74, 6) is -1.02. The van der Waals surface area contributed by atoms with Gasteiger partial charge in [0.15, 0.2) is 4.34 Å². The first-order valence-corrected chi connectivity index (χ1v) is 7.14. The molecule has 6 heteroatoms. The summed E-state index contributed by atoms with van der Waals surface area (Å²) in [6, 6.07) is 9.20. The number of carboxylic acids is 1. The molecule has 0 radical (unpaired) electrons. The number of rotatable bonds is 3. The van der Waals surface area contributed by atoms with E-state index in [1.807, 2.05) is 29.6 Å². The summed E-state index contributed by atoms with van der Waals surface area (Å²) in [7, 11) is 0. The molecule has 0 saturated heterocycles. The van der Waals surface area contributed by atoms with Crippen molar-refractivity contribution in [1.82, 2.24) is 9.97 Å². The summed E-state index contributed by atoms with van der Waals surface area (Å²) in [5.41, 5.74) is 0.0535. The van der Waals surface area contributed by atoms with Crippen molar-refractivity contribution in [3.8, 4) is 0 Å². The van der Waals surface area contributed by atoms with Crippen LogP contribution >= 0.6 is 23.1 Å². The van der Waals surface area contributed by atoms with Gasteiger partial charge in [0.2, 0.25) is 0 Å². The van der Waals surface area contributed by atoms with Crippen LogP contribution in [0.2, 0.25) is 0 Å². The molecule has 0 aliphatic heterocycles. The Morgan fingerprint density at radius 2 is 2.16 bits per heavy atom. The van der Waals surface area contributed by atoms with E-state index in [4.69, 9.17) is 5.11 Å². The average molecular weight is 288 g/mol. The van der Waals surface area contributed by atoms with Gasteiger partial charge < -0.3 is 5.11 Å². The highest BCUT2D eigenvalue weighted by molar-refractivity contribution is 8.01. The van der Waals surface area contributed by atoms with Crippen LogP contribution in [0, 0.1) is 0 Å². The van der Waals surface area contributed by atoms with Crippen molar-refractivity contribution in [3.05, 3.63) is 47.6 Å². The van der Waals surface area contributed by atoms with E-state index < -0.39 is 5.97 Å². The molecule has 0 saturated carbocycles. The Kier molecular flexibility index (Phi) is 3.18. The molecule has 0 unspecified atom stereocenters. The number of fused-ring (bicyclic) bond motifs is 1.